The number of carbonyl (C=O) groups excluding carboxylic acids is 1. The van der Waals surface area contributed by atoms with Crippen molar-refractivity contribution in [1.29, 1.82) is 0 Å². The standard InChI is InChI=1S/C15H17N3O3S/c1-20-11-7-5-10(6-8-11)14-17-18-15(21-14)22-12-4-2-3-9-16-13(12)19/h5-8,12H,2-4,9H2,1H3,(H,16,19)/t12-/m0/s1. The summed E-state index contributed by atoms with van der Waals surface area (Å²) in [5.41, 5.74) is 0.825. The van der Waals surface area contributed by atoms with Crippen LogP contribution in [-0.2, 0) is 4.79 Å². The molecule has 1 saturated heterocycles. The minimum atomic E-state index is -0.160. The zero-order valence-electron chi connectivity index (χ0n) is 12.2. The van der Waals surface area contributed by atoms with Gasteiger partial charge >= 0.3 is 0 Å². The quantitative estimate of drug-likeness (QED) is 0.933. The Hall–Kier alpha value is -2.02. The summed E-state index contributed by atoms with van der Waals surface area (Å²) in [5.74, 6) is 1.26. The lowest BCUT2D eigenvalue weighted by Gasteiger charge is -2.08. The van der Waals surface area contributed by atoms with E-state index in [4.69, 9.17) is 9.15 Å². The monoisotopic (exact) mass is 319 g/mol. The number of amides is 1. The summed E-state index contributed by atoms with van der Waals surface area (Å²) in [6.07, 6.45) is 2.87. The van der Waals surface area contributed by atoms with Crippen LogP contribution in [0.2, 0.25) is 0 Å². The van der Waals surface area contributed by atoms with Crippen molar-refractivity contribution >= 4 is 17.7 Å². The van der Waals surface area contributed by atoms with Gasteiger partial charge in [-0.05, 0) is 37.1 Å². The van der Waals surface area contributed by atoms with E-state index >= 15 is 0 Å². The molecular weight excluding hydrogens is 302 g/mol. The van der Waals surface area contributed by atoms with Crippen molar-refractivity contribution in [3.05, 3.63) is 24.3 Å². The number of methoxy groups -OCH3 is 1. The Morgan fingerprint density at radius 2 is 2.09 bits per heavy atom. The molecule has 1 amide bonds. The van der Waals surface area contributed by atoms with Crippen LogP contribution >= 0.6 is 11.8 Å². The van der Waals surface area contributed by atoms with Gasteiger partial charge in [-0.1, -0.05) is 18.2 Å². The summed E-state index contributed by atoms with van der Waals surface area (Å²) < 4.78 is 10.8. The van der Waals surface area contributed by atoms with Crippen molar-refractivity contribution in [2.24, 2.45) is 0 Å². The SMILES string of the molecule is COc1ccc(-c2nnc(S[C@H]3CCCCNC3=O)o2)cc1. The largest absolute Gasteiger partial charge is 0.497 e. The van der Waals surface area contributed by atoms with Gasteiger partial charge < -0.3 is 14.5 Å². The molecule has 2 heterocycles. The number of nitrogens with one attached hydrogen (secondary N) is 1. The maximum Gasteiger partial charge on any atom is 0.277 e. The van der Waals surface area contributed by atoms with E-state index in [0.717, 1.165) is 37.1 Å². The summed E-state index contributed by atoms with van der Waals surface area (Å²) in [6.45, 7) is 0.747. The van der Waals surface area contributed by atoms with Gasteiger partial charge in [0.05, 0.1) is 12.4 Å². The van der Waals surface area contributed by atoms with Crippen LogP contribution in [-0.4, -0.2) is 35.0 Å². The van der Waals surface area contributed by atoms with Crippen LogP contribution in [0.3, 0.4) is 0 Å². The van der Waals surface area contributed by atoms with E-state index in [0.29, 0.717) is 11.1 Å². The van der Waals surface area contributed by atoms with E-state index in [9.17, 15) is 4.79 Å². The number of aromatic nitrogens is 2. The third kappa shape index (κ3) is 3.41. The number of nitrogens with zero attached hydrogens (tertiary/aromatic N) is 2. The van der Waals surface area contributed by atoms with Crippen molar-refractivity contribution < 1.29 is 13.9 Å². The third-order valence-corrected chi connectivity index (χ3v) is 4.57. The third-order valence-electron chi connectivity index (χ3n) is 3.47. The first-order chi connectivity index (χ1) is 10.8. The molecule has 2 aromatic rings. The van der Waals surface area contributed by atoms with Gasteiger partial charge in [0.1, 0.15) is 5.75 Å². The van der Waals surface area contributed by atoms with Crippen LogP contribution in [0.4, 0.5) is 0 Å². The number of carbonyl (C=O) groups is 1. The summed E-state index contributed by atoms with van der Waals surface area (Å²) in [4.78, 5) is 11.9. The van der Waals surface area contributed by atoms with Gasteiger partial charge in [0.15, 0.2) is 0 Å². The van der Waals surface area contributed by atoms with Crippen LogP contribution in [0, 0.1) is 0 Å². The lowest BCUT2D eigenvalue weighted by Crippen LogP contribution is -2.30. The second kappa shape index (κ2) is 6.83. The molecule has 1 N–H and O–H groups in total. The molecule has 0 saturated carbocycles. The van der Waals surface area contributed by atoms with Crippen molar-refractivity contribution in [1.82, 2.24) is 15.5 Å². The predicted molar refractivity (Wildman–Crippen MR) is 82.8 cm³/mol. The van der Waals surface area contributed by atoms with Crippen molar-refractivity contribution in [2.45, 2.75) is 29.7 Å². The average molecular weight is 319 g/mol. The second-order valence-corrected chi connectivity index (χ2v) is 6.15. The molecule has 3 rings (SSSR count). The van der Waals surface area contributed by atoms with E-state index in [1.165, 1.54) is 11.8 Å². The fourth-order valence-corrected chi connectivity index (χ4v) is 3.19. The number of thioether (sulfide) groups is 1. The first-order valence-electron chi connectivity index (χ1n) is 7.18. The van der Waals surface area contributed by atoms with Crippen LogP contribution in [0.5, 0.6) is 5.75 Å². The van der Waals surface area contributed by atoms with E-state index in [-0.39, 0.29) is 11.2 Å². The van der Waals surface area contributed by atoms with Gasteiger partial charge in [-0.15, -0.1) is 10.2 Å². The molecule has 0 unspecified atom stereocenters. The minimum Gasteiger partial charge on any atom is -0.497 e. The second-order valence-electron chi connectivity index (χ2n) is 4.99. The van der Waals surface area contributed by atoms with Gasteiger partial charge in [0.25, 0.3) is 5.22 Å². The van der Waals surface area contributed by atoms with Gasteiger partial charge in [0.2, 0.25) is 11.8 Å². The number of hydrogen-bond donors (Lipinski definition) is 1. The molecular formula is C15H17N3O3S. The van der Waals surface area contributed by atoms with Crippen LogP contribution in [0.1, 0.15) is 19.3 Å². The molecule has 0 bridgehead atoms. The molecule has 1 aliphatic rings. The zero-order valence-corrected chi connectivity index (χ0v) is 13.1. The molecule has 22 heavy (non-hydrogen) atoms. The van der Waals surface area contributed by atoms with Gasteiger partial charge in [0, 0.05) is 12.1 Å². The smallest absolute Gasteiger partial charge is 0.277 e. The Bertz CT molecular complexity index is 642. The highest BCUT2D eigenvalue weighted by Crippen LogP contribution is 2.29. The maximum atomic E-state index is 11.9. The normalized spacial score (nSPS) is 18.6. The van der Waals surface area contributed by atoms with E-state index in [2.05, 4.69) is 15.5 Å². The van der Waals surface area contributed by atoms with Gasteiger partial charge in [-0.25, -0.2) is 0 Å². The Kier molecular flexibility index (Phi) is 4.62. The van der Waals surface area contributed by atoms with E-state index < -0.39 is 0 Å². The zero-order chi connectivity index (χ0) is 15.4. The van der Waals surface area contributed by atoms with Crippen LogP contribution < -0.4 is 10.1 Å². The first-order valence-corrected chi connectivity index (χ1v) is 8.06. The van der Waals surface area contributed by atoms with Crippen LogP contribution in [0.25, 0.3) is 11.5 Å². The van der Waals surface area contributed by atoms with Crippen LogP contribution in [0.15, 0.2) is 33.9 Å². The number of rotatable bonds is 4. The maximum absolute atomic E-state index is 11.9. The first kappa shape index (κ1) is 14.9. The Morgan fingerprint density at radius 1 is 1.27 bits per heavy atom. The lowest BCUT2D eigenvalue weighted by atomic mass is 10.2. The average Bonchev–Trinajstić information content (AvgIpc) is 2.92. The van der Waals surface area contributed by atoms with Crippen molar-refractivity contribution in [3.63, 3.8) is 0 Å². The molecule has 0 radical (unpaired) electrons. The number of hydrogen-bond acceptors (Lipinski definition) is 6. The Balaban J connectivity index is 1.71. The van der Waals surface area contributed by atoms with Gasteiger partial charge in [-0.3, -0.25) is 4.79 Å². The lowest BCUT2D eigenvalue weighted by molar-refractivity contribution is -0.120. The topological polar surface area (TPSA) is 77.3 Å². The fourth-order valence-electron chi connectivity index (χ4n) is 2.25. The van der Waals surface area contributed by atoms with E-state index in [1.54, 1.807) is 7.11 Å². The van der Waals surface area contributed by atoms with Gasteiger partial charge in [-0.2, -0.15) is 0 Å². The fraction of sp³-hybridized carbons (Fsp3) is 0.400. The summed E-state index contributed by atoms with van der Waals surface area (Å²) in [7, 11) is 1.62. The number of ether oxygens (including phenoxy) is 1. The number of benzene rings is 1. The summed E-state index contributed by atoms with van der Waals surface area (Å²) in [6, 6.07) is 7.40. The molecule has 1 atom stereocenters. The molecule has 0 spiro atoms. The molecule has 0 aliphatic carbocycles. The van der Waals surface area contributed by atoms with Crippen molar-refractivity contribution in [3.8, 4) is 17.2 Å². The highest BCUT2D eigenvalue weighted by molar-refractivity contribution is 8.00. The Morgan fingerprint density at radius 3 is 2.86 bits per heavy atom. The molecule has 1 fully saturated rings. The molecule has 116 valence electrons. The summed E-state index contributed by atoms with van der Waals surface area (Å²) in [5, 5.41) is 11.2. The summed E-state index contributed by atoms with van der Waals surface area (Å²) >= 11 is 1.33. The molecule has 6 nitrogen and oxygen atoms in total. The Labute approximate surface area is 132 Å². The molecule has 1 aromatic carbocycles. The van der Waals surface area contributed by atoms with Crippen molar-refractivity contribution in [2.75, 3.05) is 13.7 Å². The molecule has 1 aliphatic heterocycles. The highest BCUT2D eigenvalue weighted by Gasteiger charge is 2.24. The predicted octanol–water partition coefficient (Wildman–Crippen LogP) is 2.51. The minimum absolute atomic E-state index is 0.0479. The molecule has 7 heteroatoms. The molecule has 1 aromatic heterocycles. The highest BCUT2D eigenvalue weighted by atomic mass is 32.2. The van der Waals surface area contributed by atoms with E-state index in [1.807, 2.05) is 24.3 Å².